The van der Waals surface area contributed by atoms with Crippen LogP contribution < -0.4 is 0 Å². The van der Waals surface area contributed by atoms with Crippen molar-refractivity contribution >= 4 is 17.2 Å². The van der Waals surface area contributed by atoms with Gasteiger partial charge in [0.05, 0.1) is 11.2 Å². The van der Waals surface area contributed by atoms with Crippen molar-refractivity contribution in [1.29, 1.82) is 0 Å². The van der Waals surface area contributed by atoms with E-state index in [4.69, 9.17) is 0 Å². The molecule has 0 spiro atoms. The second-order valence-corrected chi connectivity index (χ2v) is 7.08. The van der Waals surface area contributed by atoms with Crippen molar-refractivity contribution in [2.75, 3.05) is 13.6 Å². The van der Waals surface area contributed by atoms with Crippen LogP contribution in [-0.2, 0) is 19.9 Å². The summed E-state index contributed by atoms with van der Waals surface area (Å²) in [5.74, 6) is -0.0123. The van der Waals surface area contributed by atoms with Gasteiger partial charge in [0.1, 0.15) is 5.69 Å². The second-order valence-electron chi connectivity index (χ2n) is 6.14. The Bertz CT molecular complexity index is 825. The number of thiazole rings is 1. The van der Waals surface area contributed by atoms with Crippen LogP contribution in [-0.4, -0.2) is 39.2 Å². The first kappa shape index (κ1) is 17.4. The summed E-state index contributed by atoms with van der Waals surface area (Å²) in [7, 11) is 3.75. The van der Waals surface area contributed by atoms with E-state index in [1.807, 2.05) is 50.1 Å². The molecule has 25 heavy (non-hydrogen) atoms. The molecule has 130 valence electrons. The Morgan fingerprint density at radius 1 is 1.24 bits per heavy atom. The minimum atomic E-state index is -0.0123. The molecule has 0 aliphatic carbocycles. The van der Waals surface area contributed by atoms with Gasteiger partial charge in [-0.1, -0.05) is 30.3 Å². The number of hydrogen-bond acceptors (Lipinski definition) is 4. The maximum Gasteiger partial charge on any atom is 0.273 e. The van der Waals surface area contributed by atoms with Crippen LogP contribution in [0.1, 0.15) is 33.0 Å². The molecule has 0 unspecified atom stereocenters. The number of aromatic nitrogens is 3. The Morgan fingerprint density at radius 2 is 2.04 bits per heavy atom. The molecule has 0 N–H and O–H groups in total. The van der Waals surface area contributed by atoms with Crippen LogP contribution >= 0.6 is 11.3 Å². The van der Waals surface area contributed by atoms with Crippen LogP contribution in [0.25, 0.3) is 0 Å². The molecular formula is C19H22N4OS. The highest BCUT2D eigenvalue weighted by atomic mass is 32.1. The Hall–Kier alpha value is -2.47. The molecule has 0 fully saturated rings. The fourth-order valence-electron chi connectivity index (χ4n) is 2.68. The van der Waals surface area contributed by atoms with Crippen molar-refractivity contribution in [2.24, 2.45) is 7.05 Å². The fourth-order valence-corrected chi connectivity index (χ4v) is 3.48. The lowest BCUT2D eigenvalue weighted by Crippen LogP contribution is -2.28. The molecular weight excluding hydrogens is 332 g/mol. The summed E-state index contributed by atoms with van der Waals surface area (Å²) < 4.78 is 1.80. The quantitative estimate of drug-likeness (QED) is 0.655. The summed E-state index contributed by atoms with van der Waals surface area (Å²) in [6.45, 7) is 0.708. The molecule has 0 aliphatic heterocycles. The van der Waals surface area contributed by atoms with Gasteiger partial charge in [-0.15, -0.1) is 11.3 Å². The van der Waals surface area contributed by atoms with Crippen LogP contribution in [0.15, 0.2) is 48.1 Å². The number of nitrogens with zero attached hydrogens (tertiary/aromatic N) is 4. The van der Waals surface area contributed by atoms with E-state index in [1.54, 1.807) is 20.9 Å². The highest BCUT2D eigenvalue weighted by molar-refractivity contribution is 7.09. The molecule has 2 aromatic heterocycles. The van der Waals surface area contributed by atoms with Gasteiger partial charge in [-0.2, -0.15) is 5.10 Å². The SMILES string of the molecule is CN(CCCc1cnn(C)c1)C(=O)c1csc(Cc2ccccc2)n1. The molecule has 0 bridgehead atoms. The van der Waals surface area contributed by atoms with E-state index in [-0.39, 0.29) is 5.91 Å². The summed E-state index contributed by atoms with van der Waals surface area (Å²) >= 11 is 1.54. The van der Waals surface area contributed by atoms with Crippen LogP contribution in [0.3, 0.4) is 0 Å². The highest BCUT2D eigenvalue weighted by Gasteiger charge is 2.15. The normalized spacial score (nSPS) is 10.8. The van der Waals surface area contributed by atoms with Crippen molar-refractivity contribution < 1.29 is 4.79 Å². The van der Waals surface area contributed by atoms with Gasteiger partial charge >= 0.3 is 0 Å². The maximum absolute atomic E-state index is 12.5. The third kappa shape index (κ3) is 4.76. The van der Waals surface area contributed by atoms with Gasteiger partial charge in [-0.05, 0) is 24.0 Å². The Morgan fingerprint density at radius 3 is 2.76 bits per heavy atom. The second kappa shape index (κ2) is 8.07. The summed E-state index contributed by atoms with van der Waals surface area (Å²) in [4.78, 5) is 18.8. The van der Waals surface area contributed by atoms with Gasteiger partial charge < -0.3 is 4.90 Å². The molecule has 3 rings (SSSR count). The van der Waals surface area contributed by atoms with Crippen molar-refractivity contribution in [3.05, 3.63) is 69.9 Å². The molecule has 1 aromatic carbocycles. The zero-order chi connectivity index (χ0) is 17.6. The number of carbonyl (C=O) groups excluding carboxylic acids is 1. The van der Waals surface area contributed by atoms with E-state index in [1.165, 1.54) is 11.1 Å². The van der Waals surface area contributed by atoms with Gasteiger partial charge in [-0.3, -0.25) is 9.48 Å². The van der Waals surface area contributed by atoms with Crippen LogP contribution in [0.5, 0.6) is 0 Å². The van der Waals surface area contributed by atoms with Crippen LogP contribution in [0, 0.1) is 0 Å². The van der Waals surface area contributed by atoms with E-state index in [2.05, 4.69) is 22.2 Å². The fraction of sp³-hybridized carbons (Fsp3) is 0.316. The zero-order valence-electron chi connectivity index (χ0n) is 14.6. The molecule has 5 nitrogen and oxygen atoms in total. The van der Waals surface area contributed by atoms with E-state index < -0.39 is 0 Å². The average molecular weight is 354 g/mol. The van der Waals surface area contributed by atoms with Gasteiger partial charge in [0, 0.05) is 38.6 Å². The van der Waals surface area contributed by atoms with E-state index in [0.29, 0.717) is 12.2 Å². The van der Waals surface area contributed by atoms with Crippen LogP contribution in [0.2, 0.25) is 0 Å². The van der Waals surface area contributed by atoms with Crippen molar-refractivity contribution in [1.82, 2.24) is 19.7 Å². The lowest BCUT2D eigenvalue weighted by atomic mass is 10.2. The summed E-state index contributed by atoms with van der Waals surface area (Å²) in [6, 6.07) is 10.2. The number of amides is 1. The van der Waals surface area contributed by atoms with Crippen LogP contribution in [0.4, 0.5) is 0 Å². The van der Waals surface area contributed by atoms with E-state index in [9.17, 15) is 4.79 Å². The van der Waals surface area contributed by atoms with Crippen molar-refractivity contribution in [3.8, 4) is 0 Å². The summed E-state index contributed by atoms with van der Waals surface area (Å²) in [5, 5.41) is 6.99. The minimum Gasteiger partial charge on any atom is -0.340 e. The Kier molecular flexibility index (Phi) is 5.60. The number of hydrogen-bond donors (Lipinski definition) is 0. The number of benzene rings is 1. The molecule has 0 aliphatic rings. The topological polar surface area (TPSA) is 51.0 Å². The molecule has 0 radical (unpaired) electrons. The average Bonchev–Trinajstić information content (AvgIpc) is 3.24. The van der Waals surface area contributed by atoms with E-state index >= 15 is 0 Å². The first-order chi connectivity index (χ1) is 12.1. The van der Waals surface area contributed by atoms with Gasteiger partial charge in [0.2, 0.25) is 0 Å². The van der Waals surface area contributed by atoms with Gasteiger partial charge in [-0.25, -0.2) is 4.98 Å². The zero-order valence-corrected chi connectivity index (χ0v) is 15.4. The maximum atomic E-state index is 12.5. The number of aryl methyl sites for hydroxylation is 2. The highest BCUT2D eigenvalue weighted by Crippen LogP contribution is 2.16. The molecule has 0 atom stereocenters. The van der Waals surface area contributed by atoms with Crippen molar-refractivity contribution in [3.63, 3.8) is 0 Å². The number of carbonyl (C=O) groups is 1. The monoisotopic (exact) mass is 354 g/mol. The lowest BCUT2D eigenvalue weighted by Gasteiger charge is -2.15. The van der Waals surface area contributed by atoms with Crippen molar-refractivity contribution in [2.45, 2.75) is 19.3 Å². The smallest absolute Gasteiger partial charge is 0.273 e. The molecule has 3 aromatic rings. The summed E-state index contributed by atoms with van der Waals surface area (Å²) in [6.07, 6.45) is 6.48. The van der Waals surface area contributed by atoms with Gasteiger partial charge in [0.25, 0.3) is 5.91 Å². The molecule has 0 saturated heterocycles. The lowest BCUT2D eigenvalue weighted by molar-refractivity contribution is 0.0788. The largest absolute Gasteiger partial charge is 0.340 e. The first-order valence-corrected chi connectivity index (χ1v) is 9.21. The number of rotatable bonds is 7. The Balaban J connectivity index is 1.51. The van der Waals surface area contributed by atoms with Gasteiger partial charge in [0.15, 0.2) is 0 Å². The molecule has 6 heteroatoms. The summed E-state index contributed by atoms with van der Waals surface area (Å²) in [5.41, 5.74) is 2.95. The first-order valence-electron chi connectivity index (χ1n) is 8.33. The third-order valence-electron chi connectivity index (χ3n) is 4.03. The minimum absolute atomic E-state index is 0.0123. The standard InChI is InChI=1S/C19H22N4OS/c1-22(10-6-9-16-12-20-23(2)13-16)19(24)17-14-25-18(21-17)11-15-7-4-3-5-8-15/h3-5,7-8,12-14H,6,9-11H2,1-2H3. The molecule has 0 saturated carbocycles. The third-order valence-corrected chi connectivity index (χ3v) is 4.88. The Labute approximate surface area is 151 Å². The molecule has 1 amide bonds. The predicted molar refractivity (Wildman–Crippen MR) is 99.9 cm³/mol. The molecule has 2 heterocycles. The predicted octanol–water partition coefficient (Wildman–Crippen LogP) is 3.17. The van der Waals surface area contributed by atoms with E-state index in [0.717, 1.165) is 24.3 Å².